The molecule has 0 aromatic heterocycles. The van der Waals surface area contributed by atoms with Gasteiger partial charge in [-0.05, 0) is 6.92 Å². The van der Waals surface area contributed by atoms with Crippen LogP contribution in [0.25, 0.3) is 0 Å². The molecule has 0 aliphatic rings. The Kier molecular flexibility index (Phi) is 3.77. The fourth-order valence-electron chi connectivity index (χ4n) is 0.512. The van der Waals surface area contributed by atoms with E-state index in [4.69, 9.17) is 9.47 Å². The second-order valence-corrected chi connectivity index (χ2v) is 4.30. The summed E-state index contributed by atoms with van der Waals surface area (Å²) in [5.74, 6) is 0. The Morgan fingerprint density at radius 1 is 1.44 bits per heavy atom. The number of hydrogen-bond acceptors (Lipinski definition) is 2. The molecule has 0 N–H and O–H groups in total. The average molecular weight is 146 g/mol. The molecular formula is C6H14O2Si. The monoisotopic (exact) mass is 146 g/mol. The molecule has 0 spiro atoms. The van der Waals surface area contributed by atoms with Crippen LogP contribution >= 0.6 is 0 Å². The van der Waals surface area contributed by atoms with Crippen molar-refractivity contribution >= 4 is 9.52 Å². The van der Waals surface area contributed by atoms with Crippen LogP contribution in [-0.4, -0.2) is 29.1 Å². The van der Waals surface area contributed by atoms with Gasteiger partial charge in [-0.25, -0.2) is 0 Å². The fourth-order valence-corrected chi connectivity index (χ4v) is 1.37. The molecule has 3 heteroatoms. The molecule has 0 aliphatic carbocycles. The van der Waals surface area contributed by atoms with Crippen LogP contribution in [0.15, 0.2) is 12.3 Å². The number of rotatable bonds is 4. The third kappa shape index (κ3) is 2.79. The molecule has 0 aromatic carbocycles. The Balaban J connectivity index is 3.75. The SMILES string of the molecule is C=C[SiH2]C(C)(OC)OC. The summed E-state index contributed by atoms with van der Waals surface area (Å²) >= 11 is 0. The first-order chi connectivity index (χ1) is 4.18. The maximum absolute atomic E-state index is 5.10. The van der Waals surface area contributed by atoms with Crippen LogP contribution < -0.4 is 0 Å². The number of methoxy groups -OCH3 is 2. The molecule has 0 atom stereocenters. The van der Waals surface area contributed by atoms with Crippen LogP contribution in [0.2, 0.25) is 0 Å². The highest BCUT2D eigenvalue weighted by Gasteiger charge is 2.19. The van der Waals surface area contributed by atoms with Gasteiger partial charge in [-0.15, -0.1) is 12.3 Å². The molecule has 2 nitrogen and oxygen atoms in total. The van der Waals surface area contributed by atoms with E-state index < -0.39 is 9.52 Å². The smallest absolute Gasteiger partial charge is 0.145 e. The van der Waals surface area contributed by atoms with Crippen LogP contribution in [0, 0.1) is 0 Å². The summed E-state index contributed by atoms with van der Waals surface area (Å²) in [6.07, 6.45) is 0. The molecule has 54 valence electrons. The molecule has 0 unspecified atom stereocenters. The van der Waals surface area contributed by atoms with E-state index in [-0.39, 0.29) is 5.41 Å². The van der Waals surface area contributed by atoms with Crippen molar-refractivity contribution in [1.82, 2.24) is 0 Å². The van der Waals surface area contributed by atoms with Crippen LogP contribution in [0.5, 0.6) is 0 Å². The number of ether oxygens (including phenoxy) is 2. The van der Waals surface area contributed by atoms with Gasteiger partial charge in [0.05, 0.1) is 0 Å². The van der Waals surface area contributed by atoms with Gasteiger partial charge in [-0.1, -0.05) is 0 Å². The fraction of sp³-hybridized carbons (Fsp3) is 0.667. The highest BCUT2D eigenvalue weighted by molar-refractivity contribution is 6.44. The highest BCUT2D eigenvalue weighted by atomic mass is 28.2. The molecule has 0 heterocycles. The van der Waals surface area contributed by atoms with Crippen molar-refractivity contribution in [3.05, 3.63) is 12.3 Å². The van der Waals surface area contributed by atoms with Gasteiger partial charge >= 0.3 is 0 Å². The van der Waals surface area contributed by atoms with E-state index in [9.17, 15) is 0 Å². The summed E-state index contributed by atoms with van der Waals surface area (Å²) < 4.78 is 10.2. The van der Waals surface area contributed by atoms with Gasteiger partial charge in [-0.2, -0.15) is 0 Å². The van der Waals surface area contributed by atoms with Gasteiger partial charge in [0.1, 0.15) is 14.9 Å². The Hall–Kier alpha value is -0.123. The summed E-state index contributed by atoms with van der Waals surface area (Å²) in [6, 6.07) is 0. The highest BCUT2D eigenvalue weighted by Crippen LogP contribution is 2.06. The minimum atomic E-state index is -0.441. The molecule has 0 amide bonds. The van der Waals surface area contributed by atoms with Crippen molar-refractivity contribution < 1.29 is 9.47 Å². The standard InChI is InChI=1S/C6H14O2Si/c1-5-9-6(2,7-3)8-4/h5H,1,9H2,2-4H3. The van der Waals surface area contributed by atoms with E-state index in [1.165, 1.54) is 0 Å². The molecule has 0 saturated carbocycles. The summed E-state index contributed by atoms with van der Waals surface area (Å²) in [7, 11) is 2.86. The van der Waals surface area contributed by atoms with Gasteiger partial charge < -0.3 is 9.47 Å². The summed E-state index contributed by atoms with van der Waals surface area (Å²) in [5.41, 5.74) is 1.56. The molecular weight excluding hydrogens is 132 g/mol. The van der Waals surface area contributed by atoms with E-state index in [2.05, 4.69) is 6.58 Å². The van der Waals surface area contributed by atoms with Crippen LogP contribution in [-0.2, 0) is 9.47 Å². The third-order valence-corrected chi connectivity index (χ3v) is 2.99. The minimum absolute atomic E-state index is 0.345. The average Bonchev–Trinajstić information content (AvgIpc) is 1.89. The van der Waals surface area contributed by atoms with Gasteiger partial charge in [0, 0.05) is 14.2 Å². The summed E-state index contributed by atoms with van der Waals surface area (Å²) in [5, 5.41) is 0. The van der Waals surface area contributed by atoms with Crippen LogP contribution in [0.3, 0.4) is 0 Å². The second-order valence-electron chi connectivity index (χ2n) is 2.03. The third-order valence-electron chi connectivity index (χ3n) is 1.38. The lowest BCUT2D eigenvalue weighted by molar-refractivity contribution is -0.129. The lowest BCUT2D eigenvalue weighted by Crippen LogP contribution is -2.35. The van der Waals surface area contributed by atoms with Crippen molar-refractivity contribution in [2.24, 2.45) is 0 Å². The molecule has 0 bridgehead atoms. The van der Waals surface area contributed by atoms with Gasteiger partial charge in [0.25, 0.3) is 0 Å². The van der Waals surface area contributed by atoms with Gasteiger partial charge in [-0.3, -0.25) is 0 Å². The first kappa shape index (κ1) is 8.88. The maximum atomic E-state index is 5.10. The van der Waals surface area contributed by atoms with Crippen molar-refractivity contribution in [3.63, 3.8) is 0 Å². The Morgan fingerprint density at radius 3 is 2.00 bits per heavy atom. The Labute approximate surface area is 58.7 Å². The predicted molar refractivity (Wildman–Crippen MR) is 41.2 cm³/mol. The first-order valence-corrected chi connectivity index (χ1v) is 4.42. The second kappa shape index (κ2) is 3.82. The Morgan fingerprint density at radius 2 is 1.89 bits per heavy atom. The predicted octanol–water partition coefficient (Wildman–Crippen LogP) is 0.265. The summed E-state index contributed by atoms with van der Waals surface area (Å²) in [4.78, 5) is 0. The van der Waals surface area contributed by atoms with Crippen molar-refractivity contribution in [1.29, 1.82) is 0 Å². The van der Waals surface area contributed by atoms with Crippen LogP contribution in [0.1, 0.15) is 6.92 Å². The number of hydrogen-bond donors (Lipinski definition) is 0. The molecule has 0 aromatic rings. The van der Waals surface area contributed by atoms with Crippen molar-refractivity contribution in [2.45, 2.75) is 12.3 Å². The zero-order chi connectivity index (χ0) is 7.33. The van der Waals surface area contributed by atoms with Gasteiger partial charge in [0.15, 0.2) is 0 Å². The molecule has 0 aliphatic heterocycles. The van der Waals surface area contributed by atoms with Crippen molar-refractivity contribution in [2.75, 3.05) is 14.2 Å². The largest absolute Gasteiger partial charge is 0.358 e. The Bertz CT molecular complexity index is 89.1. The van der Waals surface area contributed by atoms with Crippen molar-refractivity contribution in [3.8, 4) is 0 Å². The topological polar surface area (TPSA) is 18.5 Å². The van der Waals surface area contributed by atoms with E-state index >= 15 is 0 Å². The quantitative estimate of drug-likeness (QED) is 0.418. The van der Waals surface area contributed by atoms with E-state index in [1.807, 2.05) is 12.6 Å². The zero-order valence-corrected chi connectivity index (χ0v) is 7.72. The lowest BCUT2D eigenvalue weighted by atomic mass is 10.7. The minimum Gasteiger partial charge on any atom is -0.358 e. The maximum Gasteiger partial charge on any atom is 0.145 e. The zero-order valence-electron chi connectivity index (χ0n) is 6.31. The normalized spacial score (nSPS) is 12.8. The molecule has 0 saturated heterocycles. The molecule has 0 radical (unpaired) electrons. The lowest BCUT2D eigenvalue weighted by Gasteiger charge is -2.24. The summed E-state index contributed by atoms with van der Waals surface area (Å²) in [6.45, 7) is 5.57. The molecule has 0 fully saturated rings. The molecule has 9 heavy (non-hydrogen) atoms. The van der Waals surface area contributed by atoms with E-state index in [0.717, 1.165) is 0 Å². The van der Waals surface area contributed by atoms with Crippen LogP contribution in [0.4, 0.5) is 0 Å². The van der Waals surface area contributed by atoms with E-state index in [0.29, 0.717) is 0 Å². The molecule has 0 rings (SSSR count). The first-order valence-electron chi connectivity index (χ1n) is 2.89. The van der Waals surface area contributed by atoms with E-state index in [1.54, 1.807) is 14.2 Å². The van der Waals surface area contributed by atoms with Gasteiger partial charge in [0.2, 0.25) is 0 Å².